The monoisotopic (exact) mass is 274 g/mol. The van der Waals surface area contributed by atoms with Crippen LogP contribution in [-0.4, -0.2) is 22.2 Å². The van der Waals surface area contributed by atoms with Crippen molar-refractivity contribution in [2.45, 2.75) is 42.9 Å². The average Bonchev–Trinajstić information content (AvgIpc) is 2.09. The molecule has 1 unspecified atom stereocenters. The van der Waals surface area contributed by atoms with Crippen LogP contribution in [0.15, 0.2) is 0 Å². The lowest BCUT2D eigenvalue weighted by Gasteiger charge is -2.36. The number of hydrogen-bond acceptors (Lipinski definition) is 3. The Balaban J connectivity index is 2.67. The van der Waals surface area contributed by atoms with Crippen LogP contribution in [0.2, 0.25) is 0 Å². The van der Waals surface area contributed by atoms with E-state index in [0.717, 1.165) is 6.42 Å². The van der Waals surface area contributed by atoms with Gasteiger partial charge in [0.1, 0.15) is 0 Å². The van der Waals surface area contributed by atoms with Crippen LogP contribution < -0.4 is 0 Å². The molecule has 0 spiro atoms. The van der Waals surface area contributed by atoms with Gasteiger partial charge in [-0.1, -0.05) is 48.1 Å². The van der Waals surface area contributed by atoms with Crippen molar-refractivity contribution >= 4 is 40.8 Å². The number of esters is 1. The molecule has 3 nitrogen and oxygen atoms in total. The van der Waals surface area contributed by atoms with Gasteiger partial charge in [-0.15, -0.1) is 0 Å². The third-order valence-corrected chi connectivity index (χ3v) is 2.83. The Morgan fingerprint density at radius 1 is 1.40 bits per heavy atom. The Labute approximate surface area is 104 Å². The molecule has 0 aromatic heterocycles. The lowest BCUT2D eigenvalue weighted by molar-refractivity contribution is -0.226. The van der Waals surface area contributed by atoms with E-state index < -0.39 is 10.1 Å². The van der Waals surface area contributed by atoms with Crippen LogP contribution in [0.5, 0.6) is 0 Å². The zero-order chi connectivity index (χ0) is 11.6. The smallest absolute Gasteiger partial charge is 0.314 e. The maximum atomic E-state index is 11.6. The molecule has 1 heterocycles. The van der Waals surface area contributed by atoms with Crippen LogP contribution in [0.25, 0.3) is 0 Å². The van der Waals surface area contributed by atoms with Gasteiger partial charge < -0.3 is 9.47 Å². The quantitative estimate of drug-likeness (QED) is 0.574. The third-order valence-electron chi connectivity index (χ3n) is 2.30. The predicted molar refractivity (Wildman–Crippen MR) is 59.1 cm³/mol. The Bertz CT molecular complexity index is 239. The maximum absolute atomic E-state index is 11.6. The van der Waals surface area contributed by atoms with E-state index in [1.54, 1.807) is 6.92 Å². The van der Waals surface area contributed by atoms with Crippen molar-refractivity contribution < 1.29 is 14.3 Å². The summed E-state index contributed by atoms with van der Waals surface area (Å²) in [6.07, 6.45) is 0.198. The third kappa shape index (κ3) is 3.38. The summed E-state index contributed by atoms with van der Waals surface area (Å²) in [4.78, 5) is 11.6. The van der Waals surface area contributed by atoms with Gasteiger partial charge in [-0.25, -0.2) is 0 Å². The molecule has 0 bridgehead atoms. The van der Waals surface area contributed by atoms with Crippen molar-refractivity contribution in [3.63, 3.8) is 0 Å². The second-order valence-corrected chi connectivity index (χ2v) is 5.92. The molecule has 1 saturated heterocycles. The second-order valence-electron chi connectivity index (χ2n) is 3.55. The molecule has 1 fully saturated rings. The molecule has 3 atom stereocenters. The van der Waals surface area contributed by atoms with Crippen LogP contribution in [0.4, 0.5) is 0 Å². The number of ether oxygens (including phenoxy) is 2. The standard InChI is InChI=1S/C9H13Cl3O3/c1-3-4-6-5(2)14-8(9(10,11)12)15-7(6)13/h5-6,8H,3-4H2,1-2H3/t5-,6?,8-/m1/s1. The highest BCUT2D eigenvalue weighted by atomic mass is 35.6. The molecule has 1 rings (SSSR count). The van der Waals surface area contributed by atoms with Crippen molar-refractivity contribution in [2.24, 2.45) is 5.92 Å². The maximum Gasteiger partial charge on any atom is 0.314 e. The topological polar surface area (TPSA) is 35.5 Å². The summed E-state index contributed by atoms with van der Waals surface area (Å²) in [7, 11) is 0. The highest BCUT2D eigenvalue weighted by Crippen LogP contribution is 2.37. The first-order valence-electron chi connectivity index (χ1n) is 4.79. The summed E-state index contributed by atoms with van der Waals surface area (Å²) >= 11 is 16.8. The summed E-state index contributed by atoms with van der Waals surface area (Å²) in [5.41, 5.74) is 0. The molecule has 0 saturated carbocycles. The van der Waals surface area contributed by atoms with Crippen LogP contribution in [0.3, 0.4) is 0 Å². The first kappa shape index (κ1) is 13.4. The van der Waals surface area contributed by atoms with Gasteiger partial charge >= 0.3 is 5.97 Å². The van der Waals surface area contributed by atoms with Gasteiger partial charge in [0.05, 0.1) is 12.0 Å². The second kappa shape index (κ2) is 5.09. The Morgan fingerprint density at radius 3 is 2.40 bits per heavy atom. The SMILES string of the molecule is CCCC1C(=O)O[C@H](C(Cl)(Cl)Cl)O[C@@H]1C. The summed E-state index contributed by atoms with van der Waals surface area (Å²) in [6.45, 7) is 3.77. The molecule has 1 aliphatic heterocycles. The molecule has 1 aliphatic rings. The fraction of sp³-hybridized carbons (Fsp3) is 0.889. The van der Waals surface area contributed by atoms with Crippen LogP contribution in [-0.2, 0) is 14.3 Å². The molecule has 15 heavy (non-hydrogen) atoms. The van der Waals surface area contributed by atoms with Crippen molar-refractivity contribution in [1.29, 1.82) is 0 Å². The summed E-state index contributed by atoms with van der Waals surface area (Å²) in [5.74, 6) is -0.620. The summed E-state index contributed by atoms with van der Waals surface area (Å²) < 4.78 is 8.54. The molecule has 0 aromatic carbocycles. The van der Waals surface area contributed by atoms with Gasteiger partial charge in [-0.3, -0.25) is 4.79 Å². The van der Waals surface area contributed by atoms with E-state index in [-0.39, 0.29) is 18.0 Å². The predicted octanol–water partition coefficient (Wildman–Crippen LogP) is 3.06. The molecule has 0 radical (unpaired) electrons. The first-order chi connectivity index (χ1) is 6.86. The molecule has 0 aliphatic carbocycles. The van der Waals surface area contributed by atoms with E-state index in [2.05, 4.69) is 0 Å². The zero-order valence-corrected chi connectivity index (χ0v) is 10.8. The number of hydrogen-bond donors (Lipinski definition) is 0. The largest absolute Gasteiger partial charge is 0.431 e. The molecule has 0 aromatic rings. The first-order valence-corrected chi connectivity index (χ1v) is 5.92. The number of halogens is 3. The molecular formula is C9H13Cl3O3. The number of alkyl halides is 3. The Morgan fingerprint density at radius 2 is 2.00 bits per heavy atom. The van der Waals surface area contributed by atoms with Crippen LogP contribution in [0.1, 0.15) is 26.7 Å². The van der Waals surface area contributed by atoms with Crippen molar-refractivity contribution in [1.82, 2.24) is 0 Å². The van der Waals surface area contributed by atoms with Gasteiger partial charge in [-0.2, -0.15) is 0 Å². The van der Waals surface area contributed by atoms with Gasteiger partial charge in [0, 0.05) is 0 Å². The van der Waals surface area contributed by atoms with E-state index >= 15 is 0 Å². The fourth-order valence-electron chi connectivity index (χ4n) is 1.51. The number of rotatable bonds is 2. The van der Waals surface area contributed by atoms with Gasteiger partial charge in [0.15, 0.2) is 0 Å². The molecular weight excluding hydrogens is 262 g/mol. The van der Waals surface area contributed by atoms with E-state index in [9.17, 15) is 4.79 Å². The normalized spacial score (nSPS) is 32.6. The highest BCUT2D eigenvalue weighted by Gasteiger charge is 2.45. The van der Waals surface area contributed by atoms with E-state index in [1.165, 1.54) is 0 Å². The van der Waals surface area contributed by atoms with Gasteiger partial charge in [0.25, 0.3) is 10.1 Å². The summed E-state index contributed by atoms with van der Waals surface area (Å²) in [6, 6.07) is 0. The van der Waals surface area contributed by atoms with Crippen molar-refractivity contribution in [2.75, 3.05) is 0 Å². The highest BCUT2D eigenvalue weighted by molar-refractivity contribution is 6.68. The van der Waals surface area contributed by atoms with E-state index in [0.29, 0.717) is 6.42 Å². The molecule has 88 valence electrons. The summed E-state index contributed by atoms with van der Waals surface area (Å²) in [5, 5.41) is 0. The van der Waals surface area contributed by atoms with Gasteiger partial charge in [-0.05, 0) is 13.3 Å². The lowest BCUT2D eigenvalue weighted by atomic mass is 9.97. The minimum absolute atomic E-state index is 0.265. The van der Waals surface area contributed by atoms with Crippen molar-refractivity contribution in [3.8, 4) is 0 Å². The Hall–Kier alpha value is 0.300. The van der Waals surface area contributed by atoms with E-state index in [1.807, 2.05) is 6.92 Å². The number of carbonyl (C=O) groups is 1. The van der Waals surface area contributed by atoms with Crippen LogP contribution in [0, 0.1) is 5.92 Å². The zero-order valence-electron chi connectivity index (χ0n) is 8.50. The van der Waals surface area contributed by atoms with E-state index in [4.69, 9.17) is 44.3 Å². The van der Waals surface area contributed by atoms with Gasteiger partial charge in [0.2, 0.25) is 0 Å². The fourth-order valence-corrected chi connectivity index (χ4v) is 1.80. The average molecular weight is 276 g/mol. The lowest BCUT2D eigenvalue weighted by Crippen LogP contribution is -2.47. The number of carbonyl (C=O) groups excluding carboxylic acids is 1. The number of cyclic esters (lactones) is 1. The minimum atomic E-state index is -1.74. The minimum Gasteiger partial charge on any atom is -0.431 e. The molecule has 0 amide bonds. The Kier molecular flexibility index (Phi) is 4.53. The van der Waals surface area contributed by atoms with Crippen molar-refractivity contribution in [3.05, 3.63) is 0 Å². The molecule has 6 heteroatoms. The molecule has 0 N–H and O–H groups in total. The van der Waals surface area contributed by atoms with Crippen LogP contribution >= 0.6 is 34.8 Å².